The Balaban J connectivity index is 2.18. The van der Waals surface area contributed by atoms with Gasteiger partial charge in [0, 0.05) is 18.3 Å². The number of benzene rings is 2. The minimum Gasteiger partial charge on any atom is -0.494 e. The van der Waals surface area contributed by atoms with Gasteiger partial charge in [0.25, 0.3) is 5.91 Å². The predicted octanol–water partition coefficient (Wildman–Crippen LogP) is 4.35. The van der Waals surface area contributed by atoms with Crippen LogP contribution in [0.25, 0.3) is 6.08 Å². The van der Waals surface area contributed by atoms with Crippen LogP contribution >= 0.6 is 0 Å². The fraction of sp³-hybridized carbons (Fsp3) is 0.238. The topological polar surface area (TPSA) is 53.3 Å². The number of carbonyl (C=O) groups is 1. The van der Waals surface area contributed by atoms with Crippen molar-refractivity contribution in [3.05, 3.63) is 65.7 Å². The Hall–Kier alpha value is -3.06. The molecule has 0 bridgehead atoms. The molecule has 0 aliphatic rings. The van der Waals surface area contributed by atoms with Crippen molar-refractivity contribution >= 4 is 17.7 Å². The zero-order valence-electron chi connectivity index (χ0n) is 14.6. The van der Waals surface area contributed by atoms with Crippen molar-refractivity contribution in [2.75, 3.05) is 18.1 Å². The third kappa shape index (κ3) is 5.50. The van der Waals surface area contributed by atoms with Gasteiger partial charge >= 0.3 is 0 Å². The van der Waals surface area contributed by atoms with Gasteiger partial charge in [0.2, 0.25) is 0 Å². The quantitative estimate of drug-likeness (QED) is 0.707. The number of carbonyl (C=O) groups excluding carboxylic acids is 1. The number of hydrogen-bond acceptors (Lipinski definition) is 3. The Kier molecular flexibility index (Phi) is 6.79. The molecule has 0 unspecified atom stereocenters. The van der Waals surface area contributed by atoms with Gasteiger partial charge in [0.15, 0.2) is 0 Å². The molecule has 0 aliphatic carbocycles. The molecular weight excluding hydrogens is 312 g/mol. The fourth-order valence-corrected chi connectivity index (χ4v) is 2.45. The number of ether oxygens (including phenoxy) is 1. The summed E-state index contributed by atoms with van der Waals surface area (Å²) >= 11 is 0. The second-order valence-corrected chi connectivity index (χ2v) is 5.57. The Labute approximate surface area is 149 Å². The molecule has 25 heavy (non-hydrogen) atoms. The average molecular weight is 334 g/mol. The lowest BCUT2D eigenvalue weighted by Gasteiger charge is -2.20. The Morgan fingerprint density at radius 2 is 2.00 bits per heavy atom. The predicted molar refractivity (Wildman–Crippen MR) is 100 cm³/mol. The van der Waals surface area contributed by atoms with Crippen LogP contribution in [-0.2, 0) is 4.79 Å². The van der Waals surface area contributed by atoms with E-state index in [1.807, 2.05) is 62.4 Å². The van der Waals surface area contributed by atoms with Crippen LogP contribution in [0.3, 0.4) is 0 Å². The number of anilines is 1. The fourth-order valence-electron chi connectivity index (χ4n) is 2.45. The molecule has 0 heterocycles. The van der Waals surface area contributed by atoms with Crippen LogP contribution in [0.15, 0.2) is 54.6 Å². The maximum atomic E-state index is 12.6. The molecule has 0 fully saturated rings. The summed E-state index contributed by atoms with van der Waals surface area (Å²) in [5.74, 6) is 0.607. The van der Waals surface area contributed by atoms with E-state index in [9.17, 15) is 4.79 Å². The lowest BCUT2D eigenvalue weighted by atomic mass is 10.1. The maximum absolute atomic E-state index is 12.6. The minimum absolute atomic E-state index is 0.152. The molecule has 0 spiro atoms. The van der Waals surface area contributed by atoms with Gasteiger partial charge < -0.3 is 9.64 Å². The van der Waals surface area contributed by atoms with Gasteiger partial charge in [-0.25, -0.2) is 0 Å². The Morgan fingerprint density at radius 1 is 1.24 bits per heavy atom. The molecule has 0 radical (unpaired) electrons. The molecule has 0 aliphatic heterocycles. The molecule has 4 heteroatoms. The van der Waals surface area contributed by atoms with E-state index in [0.717, 1.165) is 22.6 Å². The lowest BCUT2D eigenvalue weighted by Crippen LogP contribution is -2.30. The van der Waals surface area contributed by atoms with E-state index >= 15 is 0 Å². The SMILES string of the molecule is CCOc1ccc(N(CCC#N)C(=O)/C=C/c2cccc(C)c2)cc1. The molecule has 0 N–H and O–H groups in total. The van der Waals surface area contributed by atoms with Crippen LogP contribution < -0.4 is 9.64 Å². The first-order valence-corrected chi connectivity index (χ1v) is 8.30. The largest absolute Gasteiger partial charge is 0.494 e. The van der Waals surface area contributed by atoms with Gasteiger partial charge in [-0.2, -0.15) is 5.26 Å². The molecule has 0 saturated heterocycles. The smallest absolute Gasteiger partial charge is 0.251 e. The Morgan fingerprint density at radius 3 is 2.64 bits per heavy atom. The Bertz CT molecular complexity index is 773. The molecule has 0 saturated carbocycles. The van der Waals surface area contributed by atoms with Crippen LogP contribution in [-0.4, -0.2) is 19.1 Å². The van der Waals surface area contributed by atoms with Gasteiger partial charge in [0.05, 0.1) is 19.1 Å². The molecule has 0 aromatic heterocycles. The summed E-state index contributed by atoms with van der Waals surface area (Å²) in [5, 5.41) is 8.87. The second-order valence-electron chi connectivity index (χ2n) is 5.57. The normalized spacial score (nSPS) is 10.4. The van der Waals surface area contributed by atoms with E-state index in [4.69, 9.17) is 10.00 Å². The molecule has 0 atom stereocenters. The molecule has 1 amide bonds. The highest BCUT2D eigenvalue weighted by atomic mass is 16.5. The van der Waals surface area contributed by atoms with Crippen LogP contribution in [0.1, 0.15) is 24.5 Å². The van der Waals surface area contributed by atoms with E-state index in [-0.39, 0.29) is 12.3 Å². The van der Waals surface area contributed by atoms with E-state index in [1.54, 1.807) is 17.1 Å². The van der Waals surface area contributed by atoms with Gasteiger partial charge in [0.1, 0.15) is 5.75 Å². The van der Waals surface area contributed by atoms with Crippen molar-refractivity contribution in [1.29, 1.82) is 5.26 Å². The van der Waals surface area contributed by atoms with Gasteiger partial charge in [-0.3, -0.25) is 4.79 Å². The van der Waals surface area contributed by atoms with Crippen molar-refractivity contribution < 1.29 is 9.53 Å². The zero-order chi connectivity index (χ0) is 18.1. The first kappa shape index (κ1) is 18.3. The van der Waals surface area contributed by atoms with Crippen LogP contribution in [0.4, 0.5) is 5.69 Å². The molecule has 128 valence electrons. The van der Waals surface area contributed by atoms with Crippen molar-refractivity contribution in [3.63, 3.8) is 0 Å². The van der Waals surface area contributed by atoms with Crippen LogP contribution in [0, 0.1) is 18.3 Å². The number of nitrogens with zero attached hydrogens (tertiary/aromatic N) is 2. The van der Waals surface area contributed by atoms with Gasteiger partial charge in [-0.15, -0.1) is 0 Å². The third-order valence-electron chi connectivity index (χ3n) is 3.63. The molecular formula is C21H22N2O2. The summed E-state index contributed by atoms with van der Waals surface area (Å²) in [6.07, 6.45) is 3.61. The molecule has 2 aromatic rings. The molecule has 4 nitrogen and oxygen atoms in total. The zero-order valence-corrected chi connectivity index (χ0v) is 14.6. The number of aryl methyl sites for hydroxylation is 1. The van der Waals surface area contributed by atoms with Crippen molar-refractivity contribution in [2.24, 2.45) is 0 Å². The lowest BCUT2D eigenvalue weighted by molar-refractivity contribution is -0.114. The second kappa shape index (κ2) is 9.29. The van der Waals surface area contributed by atoms with Crippen molar-refractivity contribution in [2.45, 2.75) is 20.3 Å². The van der Waals surface area contributed by atoms with Gasteiger partial charge in [-0.1, -0.05) is 29.8 Å². The van der Waals surface area contributed by atoms with Crippen molar-refractivity contribution in [1.82, 2.24) is 0 Å². The van der Waals surface area contributed by atoms with Gasteiger partial charge in [-0.05, 0) is 49.8 Å². The monoisotopic (exact) mass is 334 g/mol. The summed E-state index contributed by atoms with van der Waals surface area (Å²) < 4.78 is 5.43. The highest BCUT2D eigenvalue weighted by Crippen LogP contribution is 2.20. The summed E-state index contributed by atoms with van der Waals surface area (Å²) in [5.41, 5.74) is 2.86. The van der Waals surface area contributed by atoms with E-state index in [0.29, 0.717) is 13.2 Å². The van der Waals surface area contributed by atoms with Crippen LogP contribution in [0.2, 0.25) is 0 Å². The number of rotatable bonds is 7. The standard InChI is InChI=1S/C21H22N2O2/c1-3-25-20-11-9-19(10-12-20)23(15-5-14-22)21(24)13-8-18-7-4-6-17(2)16-18/h4,6-13,16H,3,5,15H2,1-2H3/b13-8+. The summed E-state index contributed by atoms with van der Waals surface area (Å²) in [6.45, 7) is 4.88. The highest BCUT2D eigenvalue weighted by Gasteiger charge is 2.13. The number of hydrogen-bond donors (Lipinski definition) is 0. The van der Waals surface area contributed by atoms with E-state index in [2.05, 4.69) is 6.07 Å². The minimum atomic E-state index is -0.152. The number of amides is 1. The average Bonchev–Trinajstić information content (AvgIpc) is 2.62. The first-order chi connectivity index (χ1) is 12.1. The van der Waals surface area contributed by atoms with Crippen LogP contribution in [0.5, 0.6) is 5.75 Å². The number of nitriles is 1. The van der Waals surface area contributed by atoms with E-state index in [1.165, 1.54) is 0 Å². The highest BCUT2D eigenvalue weighted by molar-refractivity contribution is 6.03. The van der Waals surface area contributed by atoms with E-state index < -0.39 is 0 Å². The molecule has 2 rings (SSSR count). The first-order valence-electron chi connectivity index (χ1n) is 8.30. The van der Waals surface area contributed by atoms with Crippen molar-refractivity contribution in [3.8, 4) is 11.8 Å². The maximum Gasteiger partial charge on any atom is 0.251 e. The molecule has 2 aromatic carbocycles. The summed E-state index contributed by atoms with van der Waals surface area (Å²) in [4.78, 5) is 14.2. The summed E-state index contributed by atoms with van der Waals surface area (Å²) in [6, 6.07) is 17.4. The third-order valence-corrected chi connectivity index (χ3v) is 3.63. The summed E-state index contributed by atoms with van der Waals surface area (Å²) in [7, 11) is 0.